The maximum absolute atomic E-state index is 15.8. The molecule has 154 valence electrons. The molecule has 0 saturated heterocycles. The Bertz CT molecular complexity index is 1190. The van der Waals surface area contributed by atoms with Crippen LogP contribution in [0.15, 0.2) is 53.2 Å². The van der Waals surface area contributed by atoms with Crippen molar-refractivity contribution >= 4 is 30.7 Å². The lowest BCUT2D eigenvalue weighted by atomic mass is 9.89. The second-order valence-electron chi connectivity index (χ2n) is 7.47. The minimum Gasteiger partial charge on any atom is -0.481 e. The van der Waals surface area contributed by atoms with Crippen LogP contribution in [-0.2, 0) is 4.79 Å². The van der Waals surface area contributed by atoms with E-state index in [1.54, 1.807) is 32.1 Å². The Kier molecular flexibility index (Phi) is 4.49. The first-order chi connectivity index (χ1) is 14.1. The van der Waals surface area contributed by atoms with Crippen LogP contribution in [0.5, 0.6) is 0 Å². The van der Waals surface area contributed by atoms with Crippen molar-refractivity contribution < 1.29 is 32.9 Å². The first-order valence-electron chi connectivity index (χ1n) is 9.47. The number of halogens is 2. The van der Waals surface area contributed by atoms with Gasteiger partial charge in [0.05, 0.1) is 5.56 Å². The van der Waals surface area contributed by atoms with Crippen LogP contribution in [0.3, 0.4) is 0 Å². The van der Waals surface area contributed by atoms with Crippen molar-refractivity contribution in [3.05, 3.63) is 64.5 Å². The van der Waals surface area contributed by atoms with Gasteiger partial charge in [0, 0.05) is 42.0 Å². The zero-order valence-corrected chi connectivity index (χ0v) is 16.4. The van der Waals surface area contributed by atoms with E-state index in [1.165, 1.54) is 24.3 Å². The number of fused-ring (bicyclic) bond motifs is 2. The molecule has 0 bridgehead atoms. The van der Waals surface area contributed by atoms with E-state index in [9.17, 15) is 9.59 Å². The Balaban J connectivity index is 1.82. The van der Waals surface area contributed by atoms with Crippen LogP contribution in [0, 0.1) is 0 Å². The van der Waals surface area contributed by atoms with Gasteiger partial charge in [-0.05, 0) is 43.2 Å². The molecule has 9 heteroatoms. The molecule has 4 rings (SSSR count). The van der Waals surface area contributed by atoms with Crippen LogP contribution in [0.25, 0.3) is 17.3 Å². The largest absolute Gasteiger partial charge is 0.737 e. The van der Waals surface area contributed by atoms with Crippen LogP contribution in [0.4, 0.5) is 8.63 Å². The molecular weight excluding hydrogens is 393 g/mol. The number of carbonyl (C=O) groups is 2. The highest BCUT2D eigenvalue weighted by molar-refractivity contribution is 6.58. The van der Waals surface area contributed by atoms with Crippen molar-refractivity contribution in [2.45, 2.75) is 26.7 Å². The number of aromatic carboxylic acids is 1. The van der Waals surface area contributed by atoms with Crippen molar-refractivity contribution in [3.63, 3.8) is 0 Å². The van der Waals surface area contributed by atoms with E-state index in [1.807, 2.05) is 0 Å². The average molecular weight is 412 g/mol. The van der Waals surface area contributed by atoms with Gasteiger partial charge in [-0.1, -0.05) is 12.1 Å². The molecule has 0 amide bonds. The molecule has 0 spiro atoms. The lowest BCUT2D eigenvalue weighted by Gasteiger charge is -2.31. The van der Waals surface area contributed by atoms with Gasteiger partial charge < -0.3 is 27.8 Å². The van der Waals surface area contributed by atoms with E-state index in [0.29, 0.717) is 33.8 Å². The van der Waals surface area contributed by atoms with Crippen molar-refractivity contribution in [2.24, 2.45) is 0 Å². The number of aliphatic carboxylic acids is 1. The average Bonchev–Trinajstić information content (AvgIpc) is 3.21. The van der Waals surface area contributed by atoms with Crippen LogP contribution in [0.2, 0.25) is 0 Å². The van der Waals surface area contributed by atoms with Crippen LogP contribution in [0.1, 0.15) is 42.7 Å². The molecule has 6 nitrogen and oxygen atoms in total. The molecule has 2 aliphatic rings. The normalized spacial score (nSPS) is 17.0. The predicted octanol–water partition coefficient (Wildman–Crippen LogP) is 4.10. The molecule has 2 aromatic rings. The van der Waals surface area contributed by atoms with E-state index in [2.05, 4.69) is 0 Å². The zero-order valence-electron chi connectivity index (χ0n) is 16.4. The monoisotopic (exact) mass is 412 g/mol. The first kappa shape index (κ1) is 19.8. The molecule has 0 unspecified atom stereocenters. The van der Waals surface area contributed by atoms with Gasteiger partial charge in [0.2, 0.25) is 0 Å². The minimum absolute atomic E-state index is 0.0789. The molecule has 0 aliphatic carbocycles. The summed E-state index contributed by atoms with van der Waals surface area (Å²) >= 11 is 0. The number of carboxylic acids is 2. The van der Waals surface area contributed by atoms with E-state index in [0.717, 1.165) is 8.96 Å². The molecule has 0 radical (unpaired) electrons. The predicted molar refractivity (Wildman–Crippen MR) is 109 cm³/mol. The van der Waals surface area contributed by atoms with Gasteiger partial charge in [-0.2, -0.15) is 0 Å². The van der Waals surface area contributed by atoms with Gasteiger partial charge in [0.25, 0.3) is 0 Å². The number of nitrogens with zero attached hydrogens (tertiary/aromatic N) is 2. The van der Waals surface area contributed by atoms with Crippen LogP contribution in [-0.4, -0.2) is 43.8 Å². The SMILES string of the molecule is CC1=C(CCC(=O)O)C(C)=[N+]2C1=Cc1ccc(-c3ccc(C(=O)O)cc3)n1[B-]2(F)F. The summed E-state index contributed by atoms with van der Waals surface area (Å²) in [4.78, 5) is 22.0. The fourth-order valence-corrected chi connectivity index (χ4v) is 4.31. The van der Waals surface area contributed by atoms with E-state index >= 15 is 8.63 Å². The van der Waals surface area contributed by atoms with Gasteiger partial charge in [-0.15, -0.1) is 0 Å². The van der Waals surface area contributed by atoms with Gasteiger partial charge in [-0.3, -0.25) is 4.79 Å². The van der Waals surface area contributed by atoms with Crippen molar-refractivity contribution in [1.29, 1.82) is 0 Å². The van der Waals surface area contributed by atoms with Gasteiger partial charge in [0.1, 0.15) is 5.71 Å². The summed E-state index contributed by atoms with van der Waals surface area (Å²) in [6, 6.07) is 9.00. The number of benzene rings is 1. The van der Waals surface area contributed by atoms with Crippen molar-refractivity contribution in [3.8, 4) is 11.3 Å². The first-order valence-corrected chi connectivity index (χ1v) is 9.47. The topological polar surface area (TPSA) is 82.5 Å². The molecule has 0 saturated carbocycles. The van der Waals surface area contributed by atoms with Crippen LogP contribution >= 0.6 is 0 Å². The van der Waals surface area contributed by atoms with Gasteiger partial charge in [-0.25, -0.2) is 4.79 Å². The summed E-state index contributed by atoms with van der Waals surface area (Å²) in [5.41, 5.74) is 3.22. The van der Waals surface area contributed by atoms with E-state index in [4.69, 9.17) is 10.2 Å². The van der Waals surface area contributed by atoms with Crippen molar-refractivity contribution in [1.82, 2.24) is 4.48 Å². The third-order valence-corrected chi connectivity index (χ3v) is 5.77. The molecule has 2 aliphatic heterocycles. The Labute approximate surface area is 171 Å². The number of carboxylic acid groups (broad SMARTS) is 2. The Hall–Kier alpha value is -3.49. The molecular formula is C21H19BF2N2O4. The molecule has 0 fully saturated rings. The summed E-state index contributed by atoms with van der Waals surface area (Å²) in [7, 11) is 0. The number of hydrogen-bond acceptors (Lipinski definition) is 2. The Morgan fingerprint density at radius 2 is 1.73 bits per heavy atom. The molecule has 2 N–H and O–H groups in total. The summed E-state index contributed by atoms with van der Waals surface area (Å²) in [6.07, 6.45) is 1.74. The highest BCUT2D eigenvalue weighted by Gasteiger charge is 2.54. The third-order valence-electron chi connectivity index (χ3n) is 5.77. The maximum Gasteiger partial charge on any atom is 0.737 e. The third kappa shape index (κ3) is 2.89. The highest BCUT2D eigenvalue weighted by atomic mass is 19.2. The lowest BCUT2D eigenvalue weighted by molar-refractivity contribution is -0.362. The second kappa shape index (κ2) is 6.79. The minimum atomic E-state index is -4.23. The quantitative estimate of drug-likeness (QED) is 0.725. The van der Waals surface area contributed by atoms with Crippen molar-refractivity contribution in [2.75, 3.05) is 0 Å². The van der Waals surface area contributed by atoms with Gasteiger partial charge in [0.15, 0.2) is 5.70 Å². The fourth-order valence-electron chi connectivity index (χ4n) is 4.31. The van der Waals surface area contributed by atoms with E-state index in [-0.39, 0.29) is 24.1 Å². The second-order valence-corrected chi connectivity index (χ2v) is 7.47. The fraction of sp³-hybridized carbons (Fsp3) is 0.190. The standard InChI is InChI=1S/C21H19BF2N2O4/c1-12-17(8-10-20(27)28)13(2)25-19(12)11-16-7-9-18(26(16)22(25,23)24)14-3-5-15(6-4-14)21(29)30/h3-7,9,11H,8,10H2,1-2H3,(H,27,28)(H,29,30). The highest BCUT2D eigenvalue weighted by Crippen LogP contribution is 2.40. The summed E-state index contributed by atoms with van der Waals surface area (Å²) in [5, 5.41) is 18.0. The number of hydrogen-bond donors (Lipinski definition) is 2. The molecule has 1 aromatic carbocycles. The molecule has 0 atom stereocenters. The van der Waals surface area contributed by atoms with Crippen LogP contribution < -0.4 is 0 Å². The maximum atomic E-state index is 15.8. The summed E-state index contributed by atoms with van der Waals surface area (Å²) in [6.45, 7) is -0.897. The van der Waals surface area contributed by atoms with E-state index < -0.39 is 18.9 Å². The van der Waals surface area contributed by atoms with Gasteiger partial charge >= 0.3 is 18.9 Å². The number of aromatic nitrogens is 1. The smallest absolute Gasteiger partial charge is 0.481 e. The zero-order chi connectivity index (χ0) is 21.8. The number of rotatable bonds is 5. The number of allylic oxidation sites excluding steroid dienone is 2. The Morgan fingerprint density at radius 1 is 1.07 bits per heavy atom. The molecule has 1 aromatic heterocycles. The molecule has 30 heavy (non-hydrogen) atoms. The lowest BCUT2D eigenvalue weighted by Crippen LogP contribution is -2.50. The summed E-state index contributed by atoms with van der Waals surface area (Å²) < 4.78 is 33.6. The Morgan fingerprint density at radius 3 is 2.33 bits per heavy atom. The summed E-state index contributed by atoms with van der Waals surface area (Å²) in [5.74, 6) is -2.06. The molecule has 3 heterocycles.